The second kappa shape index (κ2) is 4.44. The van der Waals surface area contributed by atoms with Gasteiger partial charge in [-0.2, -0.15) is 5.10 Å². The maximum Gasteiger partial charge on any atom is 0.266 e. The van der Waals surface area contributed by atoms with Gasteiger partial charge in [0, 0.05) is 25.8 Å². The molecule has 1 aliphatic rings. The minimum atomic E-state index is -0.168. The standard InChI is InChI=1S/C10H15N3O2/c14-4-2-8-1-3-13(7-8)9-5-10(15)12-11-6-9/h5-6,8,14H,1-4,7H2,(H,12,15). The lowest BCUT2D eigenvalue weighted by Gasteiger charge is -2.17. The number of hydrogen-bond acceptors (Lipinski definition) is 4. The van der Waals surface area contributed by atoms with E-state index in [2.05, 4.69) is 15.1 Å². The molecule has 1 unspecified atom stereocenters. The number of nitrogens with zero attached hydrogens (tertiary/aromatic N) is 2. The Morgan fingerprint density at radius 3 is 3.27 bits per heavy atom. The van der Waals surface area contributed by atoms with Crippen molar-refractivity contribution in [1.29, 1.82) is 0 Å². The highest BCUT2D eigenvalue weighted by atomic mass is 16.3. The molecule has 0 spiro atoms. The molecule has 1 atom stereocenters. The maximum absolute atomic E-state index is 11.1. The summed E-state index contributed by atoms with van der Waals surface area (Å²) in [6, 6.07) is 1.56. The fourth-order valence-electron chi connectivity index (χ4n) is 2.02. The number of H-pyrrole nitrogens is 1. The summed E-state index contributed by atoms with van der Waals surface area (Å²) in [6.07, 6.45) is 3.59. The molecule has 0 aliphatic carbocycles. The first-order valence-electron chi connectivity index (χ1n) is 5.20. The van der Waals surface area contributed by atoms with Crippen LogP contribution in [-0.4, -0.2) is 35.0 Å². The Balaban J connectivity index is 2.04. The first-order valence-corrected chi connectivity index (χ1v) is 5.20. The fraction of sp³-hybridized carbons (Fsp3) is 0.600. The predicted molar refractivity (Wildman–Crippen MR) is 56.9 cm³/mol. The van der Waals surface area contributed by atoms with Crippen molar-refractivity contribution < 1.29 is 5.11 Å². The van der Waals surface area contributed by atoms with Gasteiger partial charge in [-0.15, -0.1) is 0 Å². The average molecular weight is 209 g/mol. The van der Waals surface area contributed by atoms with Crippen LogP contribution in [0.25, 0.3) is 0 Å². The van der Waals surface area contributed by atoms with Crippen LogP contribution >= 0.6 is 0 Å². The normalized spacial score (nSPS) is 20.9. The molecule has 82 valence electrons. The van der Waals surface area contributed by atoms with Crippen molar-refractivity contribution >= 4 is 5.69 Å². The Bertz CT molecular complexity index is 377. The van der Waals surface area contributed by atoms with Gasteiger partial charge in [-0.3, -0.25) is 4.79 Å². The van der Waals surface area contributed by atoms with Crippen LogP contribution in [0.15, 0.2) is 17.1 Å². The lowest BCUT2D eigenvalue weighted by Crippen LogP contribution is -2.22. The quantitative estimate of drug-likeness (QED) is 0.734. The van der Waals surface area contributed by atoms with Crippen LogP contribution in [0.2, 0.25) is 0 Å². The van der Waals surface area contributed by atoms with E-state index >= 15 is 0 Å². The summed E-state index contributed by atoms with van der Waals surface area (Å²) in [6.45, 7) is 2.09. The van der Waals surface area contributed by atoms with E-state index in [0.29, 0.717) is 5.92 Å². The van der Waals surface area contributed by atoms with E-state index in [1.807, 2.05) is 0 Å². The van der Waals surface area contributed by atoms with E-state index in [4.69, 9.17) is 5.11 Å². The molecule has 0 aromatic carbocycles. The number of aromatic amines is 1. The lowest BCUT2D eigenvalue weighted by atomic mass is 10.1. The molecule has 0 saturated carbocycles. The molecular formula is C10H15N3O2. The molecule has 1 aliphatic heterocycles. The van der Waals surface area contributed by atoms with Gasteiger partial charge in [0.05, 0.1) is 11.9 Å². The van der Waals surface area contributed by atoms with E-state index in [-0.39, 0.29) is 12.2 Å². The highest BCUT2D eigenvalue weighted by Crippen LogP contribution is 2.23. The maximum atomic E-state index is 11.1. The van der Waals surface area contributed by atoms with Gasteiger partial charge in [-0.05, 0) is 18.8 Å². The van der Waals surface area contributed by atoms with Crippen molar-refractivity contribution in [2.24, 2.45) is 5.92 Å². The van der Waals surface area contributed by atoms with Crippen molar-refractivity contribution in [1.82, 2.24) is 10.2 Å². The van der Waals surface area contributed by atoms with E-state index in [1.165, 1.54) is 0 Å². The second-order valence-electron chi connectivity index (χ2n) is 3.92. The number of rotatable bonds is 3. The Labute approximate surface area is 87.7 Å². The second-order valence-corrected chi connectivity index (χ2v) is 3.92. The van der Waals surface area contributed by atoms with Crippen LogP contribution < -0.4 is 10.5 Å². The monoisotopic (exact) mass is 209 g/mol. The van der Waals surface area contributed by atoms with Crippen LogP contribution in [0.1, 0.15) is 12.8 Å². The third-order valence-electron chi connectivity index (χ3n) is 2.84. The Morgan fingerprint density at radius 1 is 1.67 bits per heavy atom. The summed E-state index contributed by atoms with van der Waals surface area (Å²) < 4.78 is 0. The van der Waals surface area contributed by atoms with Crippen molar-refractivity contribution in [2.45, 2.75) is 12.8 Å². The largest absolute Gasteiger partial charge is 0.396 e. The third kappa shape index (κ3) is 2.36. The zero-order valence-corrected chi connectivity index (χ0v) is 8.52. The van der Waals surface area contributed by atoms with Gasteiger partial charge in [0.1, 0.15) is 0 Å². The van der Waals surface area contributed by atoms with Gasteiger partial charge in [0.25, 0.3) is 5.56 Å². The molecule has 2 N–H and O–H groups in total. The van der Waals surface area contributed by atoms with Gasteiger partial charge in [0.15, 0.2) is 0 Å². The molecule has 15 heavy (non-hydrogen) atoms. The van der Waals surface area contributed by atoms with Gasteiger partial charge in [0.2, 0.25) is 0 Å². The van der Waals surface area contributed by atoms with Gasteiger partial charge < -0.3 is 10.0 Å². The third-order valence-corrected chi connectivity index (χ3v) is 2.84. The van der Waals surface area contributed by atoms with E-state index < -0.39 is 0 Å². The summed E-state index contributed by atoms with van der Waals surface area (Å²) in [4.78, 5) is 13.2. The number of aromatic nitrogens is 2. The zero-order chi connectivity index (χ0) is 10.7. The number of anilines is 1. The number of aliphatic hydroxyl groups excluding tert-OH is 1. The van der Waals surface area contributed by atoms with Gasteiger partial charge >= 0.3 is 0 Å². The molecule has 2 heterocycles. The van der Waals surface area contributed by atoms with E-state index in [9.17, 15) is 4.79 Å². The van der Waals surface area contributed by atoms with Crippen LogP contribution in [0, 0.1) is 5.92 Å². The summed E-state index contributed by atoms with van der Waals surface area (Å²) in [5.74, 6) is 0.536. The van der Waals surface area contributed by atoms with Crippen LogP contribution in [-0.2, 0) is 0 Å². The molecule has 0 bridgehead atoms. The molecule has 0 radical (unpaired) electrons. The topological polar surface area (TPSA) is 69.2 Å². The number of nitrogens with one attached hydrogen (secondary N) is 1. The van der Waals surface area contributed by atoms with Crippen LogP contribution in [0.3, 0.4) is 0 Å². The van der Waals surface area contributed by atoms with Gasteiger partial charge in [-0.1, -0.05) is 0 Å². The minimum absolute atomic E-state index is 0.168. The Hall–Kier alpha value is -1.36. The molecule has 1 fully saturated rings. The average Bonchev–Trinajstić information content (AvgIpc) is 2.67. The molecule has 1 aromatic rings. The van der Waals surface area contributed by atoms with Crippen molar-refractivity contribution in [2.75, 3.05) is 24.6 Å². The smallest absolute Gasteiger partial charge is 0.266 e. The molecule has 1 aromatic heterocycles. The lowest BCUT2D eigenvalue weighted by molar-refractivity contribution is 0.263. The Morgan fingerprint density at radius 2 is 2.53 bits per heavy atom. The summed E-state index contributed by atoms with van der Waals surface area (Å²) in [7, 11) is 0. The molecular weight excluding hydrogens is 194 g/mol. The highest BCUT2D eigenvalue weighted by Gasteiger charge is 2.22. The minimum Gasteiger partial charge on any atom is -0.396 e. The zero-order valence-electron chi connectivity index (χ0n) is 8.52. The molecule has 5 heteroatoms. The van der Waals surface area contributed by atoms with Crippen molar-refractivity contribution in [3.63, 3.8) is 0 Å². The van der Waals surface area contributed by atoms with E-state index in [1.54, 1.807) is 12.3 Å². The molecule has 1 saturated heterocycles. The number of aliphatic hydroxyl groups is 1. The summed E-state index contributed by atoms with van der Waals surface area (Å²) >= 11 is 0. The number of hydrogen-bond donors (Lipinski definition) is 2. The van der Waals surface area contributed by atoms with Crippen molar-refractivity contribution in [3.8, 4) is 0 Å². The van der Waals surface area contributed by atoms with Crippen LogP contribution in [0.5, 0.6) is 0 Å². The summed E-state index contributed by atoms with van der Waals surface area (Å²) in [5.41, 5.74) is 0.706. The predicted octanol–water partition coefficient (Wildman–Crippen LogP) is -0.0214. The first-order chi connectivity index (χ1) is 7.29. The fourth-order valence-corrected chi connectivity index (χ4v) is 2.02. The SMILES string of the molecule is O=c1cc(N2CCC(CCO)C2)cn[nH]1. The summed E-state index contributed by atoms with van der Waals surface area (Å²) in [5, 5.41) is 15.0. The first kappa shape index (κ1) is 10.2. The highest BCUT2D eigenvalue weighted by molar-refractivity contribution is 5.43. The van der Waals surface area contributed by atoms with Crippen molar-refractivity contribution in [3.05, 3.63) is 22.6 Å². The van der Waals surface area contributed by atoms with Crippen LogP contribution in [0.4, 0.5) is 5.69 Å². The molecule has 2 rings (SSSR count). The van der Waals surface area contributed by atoms with Gasteiger partial charge in [-0.25, -0.2) is 5.10 Å². The Kier molecular flexibility index (Phi) is 3.01. The molecule has 5 nitrogen and oxygen atoms in total. The van der Waals surface area contributed by atoms with E-state index in [0.717, 1.165) is 31.6 Å². The molecule has 0 amide bonds.